The van der Waals surface area contributed by atoms with Crippen molar-refractivity contribution < 1.29 is 14.7 Å². The van der Waals surface area contributed by atoms with Crippen molar-refractivity contribution in [1.29, 1.82) is 0 Å². The Balaban J connectivity index is 1.99. The number of fused-ring (bicyclic) bond motifs is 1. The molecule has 1 aliphatic heterocycles. The minimum Gasteiger partial charge on any atom is -0.396 e. The van der Waals surface area contributed by atoms with Crippen LogP contribution in [0.1, 0.15) is 16.9 Å². The van der Waals surface area contributed by atoms with Crippen LogP contribution in [-0.4, -0.2) is 57.3 Å². The molecule has 1 fully saturated rings. The van der Waals surface area contributed by atoms with E-state index in [2.05, 4.69) is 10.4 Å². The number of benzene rings is 1. The van der Waals surface area contributed by atoms with Gasteiger partial charge in [-0.15, -0.1) is 0 Å². The maximum absolute atomic E-state index is 12.8. The molecule has 0 saturated carbocycles. The van der Waals surface area contributed by atoms with Crippen LogP contribution in [0.2, 0.25) is 0 Å². The predicted octanol–water partition coefficient (Wildman–Crippen LogP) is -0.104. The Morgan fingerprint density at radius 1 is 1.45 bits per heavy atom. The molecule has 116 valence electrons. The highest BCUT2D eigenvalue weighted by Crippen LogP contribution is 2.21. The van der Waals surface area contributed by atoms with Gasteiger partial charge in [-0.25, -0.2) is 0 Å². The lowest BCUT2D eigenvalue weighted by Crippen LogP contribution is -2.57. The third-order valence-corrected chi connectivity index (χ3v) is 3.95. The second kappa shape index (κ2) is 5.76. The number of piperazine rings is 1. The fourth-order valence-electron chi connectivity index (χ4n) is 2.87. The van der Waals surface area contributed by atoms with Crippen molar-refractivity contribution in [3.8, 4) is 0 Å². The number of nitrogens with zero attached hydrogens (tertiary/aromatic N) is 3. The average Bonchev–Trinajstić information content (AvgIpc) is 2.86. The van der Waals surface area contributed by atoms with Crippen molar-refractivity contribution in [3.05, 3.63) is 30.0 Å². The topological polar surface area (TPSA) is 87.5 Å². The van der Waals surface area contributed by atoms with Gasteiger partial charge in [0.25, 0.3) is 5.91 Å². The van der Waals surface area contributed by atoms with Crippen LogP contribution in [0, 0.1) is 0 Å². The zero-order valence-electron chi connectivity index (χ0n) is 12.3. The van der Waals surface area contributed by atoms with Gasteiger partial charge in [0.1, 0.15) is 6.04 Å². The van der Waals surface area contributed by atoms with E-state index < -0.39 is 6.04 Å². The highest BCUT2D eigenvalue weighted by atomic mass is 16.3. The zero-order chi connectivity index (χ0) is 15.7. The van der Waals surface area contributed by atoms with Gasteiger partial charge in [0.2, 0.25) is 5.91 Å². The molecule has 3 rings (SSSR count). The fraction of sp³-hybridized carbons (Fsp3) is 0.400. The van der Waals surface area contributed by atoms with E-state index >= 15 is 0 Å². The van der Waals surface area contributed by atoms with Gasteiger partial charge in [0.05, 0.1) is 5.52 Å². The molecule has 22 heavy (non-hydrogen) atoms. The molecular formula is C15H18N4O3. The van der Waals surface area contributed by atoms with Crippen molar-refractivity contribution in [3.63, 3.8) is 0 Å². The average molecular weight is 302 g/mol. The predicted molar refractivity (Wildman–Crippen MR) is 80.3 cm³/mol. The van der Waals surface area contributed by atoms with Crippen molar-refractivity contribution in [2.45, 2.75) is 12.5 Å². The van der Waals surface area contributed by atoms with Crippen LogP contribution < -0.4 is 5.32 Å². The molecule has 2 aromatic rings. The quantitative estimate of drug-likeness (QED) is 0.828. The highest BCUT2D eigenvalue weighted by Gasteiger charge is 2.34. The molecule has 1 aromatic heterocycles. The Bertz CT molecular complexity index is 725. The first-order valence-corrected chi connectivity index (χ1v) is 7.24. The number of aliphatic hydroxyl groups is 1. The first-order valence-electron chi connectivity index (χ1n) is 7.24. The molecule has 1 saturated heterocycles. The third-order valence-electron chi connectivity index (χ3n) is 3.95. The largest absolute Gasteiger partial charge is 0.396 e. The first kappa shape index (κ1) is 14.5. The summed E-state index contributed by atoms with van der Waals surface area (Å²) in [6, 6.07) is 6.84. The molecular weight excluding hydrogens is 284 g/mol. The Kier molecular flexibility index (Phi) is 3.81. The number of nitrogens with one attached hydrogen (secondary N) is 1. The molecule has 0 bridgehead atoms. The van der Waals surface area contributed by atoms with Crippen molar-refractivity contribution in [1.82, 2.24) is 20.0 Å². The van der Waals surface area contributed by atoms with E-state index in [-0.39, 0.29) is 24.8 Å². The minimum atomic E-state index is -0.646. The Labute approximate surface area is 127 Å². The molecule has 0 unspecified atom stereocenters. The number of rotatable bonds is 3. The van der Waals surface area contributed by atoms with E-state index in [1.54, 1.807) is 11.7 Å². The monoisotopic (exact) mass is 302 g/mol. The normalized spacial score (nSPS) is 18.5. The van der Waals surface area contributed by atoms with E-state index in [9.17, 15) is 9.59 Å². The zero-order valence-corrected chi connectivity index (χ0v) is 12.3. The maximum atomic E-state index is 12.8. The lowest BCUT2D eigenvalue weighted by molar-refractivity contribution is -0.128. The van der Waals surface area contributed by atoms with Gasteiger partial charge in [-0.3, -0.25) is 14.3 Å². The van der Waals surface area contributed by atoms with Gasteiger partial charge < -0.3 is 15.3 Å². The third kappa shape index (κ3) is 2.33. The molecule has 7 nitrogen and oxygen atoms in total. The summed E-state index contributed by atoms with van der Waals surface area (Å²) >= 11 is 0. The summed E-state index contributed by atoms with van der Waals surface area (Å²) in [4.78, 5) is 26.3. The smallest absolute Gasteiger partial charge is 0.275 e. The van der Waals surface area contributed by atoms with Crippen molar-refractivity contribution in [2.75, 3.05) is 19.7 Å². The molecule has 0 spiro atoms. The van der Waals surface area contributed by atoms with Gasteiger partial charge in [-0.2, -0.15) is 5.10 Å². The van der Waals surface area contributed by atoms with E-state index in [1.807, 2.05) is 24.3 Å². The van der Waals surface area contributed by atoms with Gasteiger partial charge >= 0.3 is 0 Å². The molecule has 0 radical (unpaired) electrons. The van der Waals surface area contributed by atoms with Crippen LogP contribution in [0.15, 0.2) is 24.3 Å². The maximum Gasteiger partial charge on any atom is 0.275 e. The Hall–Kier alpha value is -2.41. The summed E-state index contributed by atoms with van der Waals surface area (Å²) in [6.07, 6.45) is 0.225. The summed E-state index contributed by atoms with van der Waals surface area (Å²) in [6.45, 7) is 0.683. The van der Waals surface area contributed by atoms with Crippen molar-refractivity contribution in [2.24, 2.45) is 7.05 Å². The Morgan fingerprint density at radius 2 is 2.23 bits per heavy atom. The number of amides is 2. The SMILES string of the molecule is Cn1nc(C(=O)N2CCNC(=O)[C@H]2CCO)c2ccccc21. The van der Waals surface area contributed by atoms with Crippen LogP contribution in [0.4, 0.5) is 0 Å². The van der Waals surface area contributed by atoms with Gasteiger partial charge in [0.15, 0.2) is 5.69 Å². The van der Waals surface area contributed by atoms with Crippen LogP contribution in [-0.2, 0) is 11.8 Å². The second-order valence-electron chi connectivity index (χ2n) is 5.31. The van der Waals surface area contributed by atoms with Crippen LogP contribution in [0.5, 0.6) is 0 Å². The minimum absolute atomic E-state index is 0.148. The van der Waals surface area contributed by atoms with Crippen molar-refractivity contribution >= 4 is 22.7 Å². The lowest BCUT2D eigenvalue weighted by Gasteiger charge is -2.34. The van der Waals surface area contributed by atoms with Crippen LogP contribution >= 0.6 is 0 Å². The Morgan fingerprint density at radius 3 is 3.00 bits per heavy atom. The number of aliphatic hydroxyl groups excluding tert-OH is 1. The molecule has 1 atom stereocenters. The fourth-order valence-corrected chi connectivity index (χ4v) is 2.87. The van der Waals surface area contributed by atoms with Gasteiger partial charge in [0, 0.05) is 32.1 Å². The van der Waals surface area contributed by atoms with Crippen LogP contribution in [0.25, 0.3) is 10.9 Å². The van der Waals surface area contributed by atoms with Gasteiger partial charge in [-0.1, -0.05) is 18.2 Å². The van der Waals surface area contributed by atoms with E-state index in [4.69, 9.17) is 5.11 Å². The molecule has 2 amide bonds. The standard InChI is InChI=1S/C15H18N4O3/c1-18-11-5-3-2-4-10(11)13(17-18)15(22)19-8-7-16-14(21)12(19)6-9-20/h2-5,12,20H,6-9H2,1H3,(H,16,21)/t12-/m1/s1. The number of hydrogen-bond donors (Lipinski definition) is 2. The highest BCUT2D eigenvalue weighted by molar-refractivity contribution is 6.06. The molecule has 0 aliphatic carbocycles. The summed E-state index contributed by atoms with van der Waals surface area (Å²) in [5.41, 5.74) is 1.21. The number of carbonyl (C=O) groups excluding carboxylic acids is 2. The summed E-state index contributed by atoms with van der Waals surface area (Å²) in [5, 5.41) is 17.0. The number of para-hydroxylation sites is 1. The molecule has 1 aliphatic rings. The van der Waals surface area contributed by atoms with E-state index in [0.29, 0.717) is 18.8 Å². The number of hydrogen-bond acceptors (Lipinski definition) is 4. The second-order valence-corrected chi connectivity index (χ2v) is 5.31. The van der Waals surface area contributed by atoms with Crippen LogP contribution in [0.3, 0.4) is 0 Å². The summed E-state index contributed by atoms with van der Waals surface area (Å²) in [7, 11) is 1.78. The van der Waals surface area contributed by atoms with Gasteiger partial charge in [-0.05, 0) is 12.5 Å². The molecule has 2 heterocycles. The lowest BCUT2D eigenvalue weighted by atomic mass is 10.1. The summed E-state index contributed by atoms with van der Waals surface area (Å²) < 4.78 is 1.66. The number of carbonyl (C=O) groups is 2. The van der Waals surface area contributed by atoms with E-state index in [0.717, 1.165) is 10.9 Å². The van der Waals surface area contributed by atoms with E-state index in [1.165, 1.54) is 4.90 Å². The summed E-state index contributed by atoms with van der Waals surface area (Å²) in [5.74, 6) is -0.501. The molecule has 1 aromatic carbocycles. The number of aryl methyl sites for hydroxylation is 1. The first-order chi connectivity index (χ1) is 10.6. The molecule has 7 heteroatoms. The molecule has 2 N–H and O–H groups in total. The number of aromatic nitrogens is 2.